The smallest absolute Gasteiger partial charge is 0.261 e. The first-order chi connectivity index (χ1) is 8.26. The second-order valence-electron chi connectivity index (χ2n) is 3.76. The second-order valence-corrected chi connectivity index (χ2v) is 4.51. The van der Waals surface area contributed by atoms with Crippen LogP contribution in [0.2, 0.25) is 0 Å². The summed E-state index contributed by atoms with van der Waals surface area (Å²) in [6.07, 6.45) is 2.64. The third kappa shape index (κ3) is 2.50. The highest BCUT2D eigenvalue weighted by molar-refractivity contribution is 7.09. The van der Waals surface area contributed by atoms with Gasteiger partial charge in [0.25, 0.3) is 5.89 Å². The number of nitrogens with two attached hydrogens (primary N) is 1. The van der Waals surface area contributed by atoms with E-state index in [1.165, 1.54) is 11.5 Å². The zero-order valence-electron chi connectivity index (χ0n) is 9.88. The minimum absolute atomic E-state index is 0.202. The molecule has 2 aromatic rings. The van der Waals surface area contributed by atoms with Crippen LogP contribution in [-0.2, 0) is 6.42 Å². The van der Waals surface area contributed by atoms with Gasteiger partial charge in [-0.05, 0) is 24.4 Å². The van der Waals surface area contributed by atoms with E-state index in [4.69, 9.17) is 10.2 Å². The summed E-state index contributed by atoms with van der Waals surface area (Å²) in [7, 11) is 0. The van der Waals surface area contributed by atoms with Crippen molar-refractivity contribution >= 4 is 11.5 Å². The molecule has 0 bridgehead atoms. The normalized spacial score (nSPS) is 12.9. The van der Waals surface area contributed by atoms with E-state index in [0.29, 0.717) is 11.8 Å². The average molecular weight is 253 g/mol. The van der Waals surface area contributed by atoms with Gasteiger partial charge in [-0.1, -0.05) is 24.8 Å². The van der Waals surface area contributed by atoms with Gasteiger partial charge in [0.15, 0.2) is 0 Å². The maximum absolute atomic E-state index is 5.83. The molecule has 0 saturated heterocycles. The molecule has 2 N–H and O–H groups in total. The molecule has 1 unspecified atom stereocenters. The minimum atomic E-state index is -0.202. The number of nitrogens with zero attached hydrogens (tertiary/aromatic N) is 4. The molecule has 0 aliphatic rings. The molecule has 0 aromatic carbocycles. The van der Waals surface area contributed by atoms with Gasteiger partial charge in [0.05, 0.1) is 11.7 Å². The third-order valence-electron chi connectivity index (χ3n) is 2.43. The second kappa shape index (κ2) is 5.33. The van der Waals surface area contributed by atoms with Crippen molar-refractivity contribution in [1.82, 2.24) is 19.8 Å². The van der Waals surface area contributed by atoms with Gasteiger partial charge in [-0.3, -0.25) is 0 Å². The summed E-state index contributed by atoms with van der Waals surface area (Å²) < 4.78 is 9.47. The summed E-state index contributed by atoms with van der Waals surface area (Å²) in [5.41, 5.74) is 6.75. The first kappa shape index (κ1) is 12.1. The Balaban J connectivity index is 2.27. The van der Waals surface area contributed by atoms with Crippen molar-refractivity contribution in [3.05, 3.63) is 11.6 Å². The van der Waals surface area contributed by atoms with E-state index in [0.717, 1.165) is 29.8 Å². The summed E-state index contributed by atoms with van der Waals surface area (Å²) in [5, 5.41) is 12.0. The van der Waals surface area contributed by atoms with Crippen molar-refractivity contribution in [2.45, 2.75) is 39.2 Å². The van der Waals surface area contributed by atoms with Crippen LogP contribution in [0.25, 0.3) is 10.8 Å². The van der Waals surface area contributed by atoms with Crippen molar-refractivity contribution in [2.24, 2.45) is 5.73 Å². The summed E-state index contributed by atoms with van der Waals surface area (Å²) in [6, 6.07) is -0.202. The maximum Gasteiger partial charge on any atom is 0.261 e. The molecular formula is C10H15N5OS. The van der Waals surface area contributed by atoms with E-state index >= 15 is 0 Å². The fourth-order valence-electron chi connectivity index (χ4n) is 1.42. The Kier molecular flexibility index (Phi) is 3.80. The van der Waals surface area contributed by atoms with Gasteiger partial charge in [0.1, 0.15) is 4.88 Å². The number of aryl methyl sites for hydroxylation is 1. The molecule has 0 radical (unpaired) electrons. The van der Waals surface area contributed by atoms with E-state index in [2.05, 4.69) is 26.7 Å². The largest absolute Gasteiger partial charge is 0.418 e. The van der Waals surface area contributed by atoms with Crippen LogP contribution in [0.3, 0.4) is 0 Å². The SMILES string of the molecule is CCCc1nnsc1-c1nnc(C(N)CC)o1. The van der Waals surface area contributed by atoms with Gasteiger partial charge >= 0.3 is 0 Å². The maximum atomic E-state index is 5.83. The minimum Gasteiger partial charge on any atom is -0.418 e. The van der Waals surface area contributed by atoms with Crippen LogP contribution in [0.5, 0.6) is 0 Å². The van der Waals surface area contributed by atoms with Crippen molar-refractivity contribution in [3.63, 3.8) is 0 Å². The lowest BCUT2D eigenvalue weighted by Crippen LogP contribution is -2.08. The molecule has 1 atom stereocenters. The Morgan fingerprint density at radius 3 is 2.82 bits per heavy atom. The quantitative estimate of drug-likeness (QED) is 0.875. The molecule has 17 heavy (non-hydrogen) atoms. The molecule has 2 aromatic heterocycles. The Morgan fingerprint density at radius 2 is 2.12 bits per heavy atom. The van der Waals surface area contributed by atoms with Gasteiger partial charge in [0, 0.05) is 0 Å². The van der Waals surface area contributed by atoms with Gasteiger partial charge in [-0.25, -0.2) is 0 Å². The molecular weight excluding hydrogens is 238 g/mol. The summed E-state index contributed by atoms with van der Waals surface area (Å²) in [4.78, 5) is 0.855. The Morgan fingerprint density at radius 1 is 1.29 bits per heavy atom. The number of aromatic nitrogens is 4. The van der Waals surface area contributed by atoms with Crippen LogP contribution < -0.4 is 5.73 Å². The van der Waals surface area contributed by atoms with E-state index in [-0.39, 0.29) is 6.04 Å². The van der Waals surface area contributed by atoms with Crippen molar-refractivity contribution < 1.29 is 4.42 Å². The van der Waals surface area contributed by atoms with Gasteiger partial charge < -0.3 is 10.2 Å². The monoisotopic (exact) mass is 253 g/mol. The van der Waals surface area contributed by atoms with Crippen LogP contribution in [0.15, 0.2) is 4.42 Å². The lowest BCUT2D eigenvalue weighted by molar-refractivity contribution is 0.453. The predicted octanol–water partition coefficient (Wildman–Crippen LogP) is 1.95. The summed E-state index contributed by atoms with van der Waals surface area (Å²) in [5.74, 6) is 0.945. The summed E-state index contributed by atoms with van der Waals surface area (Å²) in [6.45, 7) is 4.07. The third-order valence-corrected chi connectivity index (χ3v) is 3.19. The Labute approximate surface area is 103 Å². The van der Waals surface area contributed by atoms with Gasteiger partial charge in [-0.15, -0.1) is 15.3 Å². The van der Waals surface area contributed by atoms with Crippen molar-refractivity contribution in [3.8, 4) is 10.8 Å². The van der Waals surface area contributed by atoms with E-state index < -0.39 is 0 Å². The molecule has 0 saturated carbocycles. The molecule has 92 valence electrons. The molecule has 2 heterocycles. The lowest BCUT2D eigenvalue weighted by Gasteiger charge is -2.00. The topological polar surface area (TPSA) is 90.7 Å². The van der Waals surface area contributed by atoms with E-state index in [1.54, 1.807) is 0 Å². The highest BCUT2D eigenvalue weighted by atomic mass is 32.1. The van der Waals surface area contributed by atoms with Crippen LogP contribution in [-0.4, -0.2) is 19.8 Å². The van der Waals surface area contributed by atoms with Crippen LogP contribution in [0.1, 0.15) is 44.3 Å². The van der Waals surface area contributed by atoms with Crippen molar-refractivity contribution in [1.29, 1.82) is 0 Å². The first-order valence-electron chi connectivity index (χ1n) is 5.66. The number of hydrogen-bond donors (Lipinski definition) is 1. The predicted molar refractivity (Wildman–Crippen MR) is 64.4 cm³/mol. The number of rotatable bonds is 5. The fraction of sp³-hybridized carbons (Fsp3) is 0.600. The first-order valence-corrected chi connectivity index (χ1v) is 6.44. The Bertz CT molecular complexity index is 481. The molecule has 7 heteroatoms. The standard InChI is InChI=1S/C10H15N5OS/c1-3-5-7-8(17-15-12-7)10-14-13-9(16-10)6(11)4-2/h6H,3-5,11H2,1-2H3. The lowest BCUT2D eigenvalue weighted by atomic mass is 10.2. The highest BCUT2D eigenvalue weighted by Gasteiger charge is 2.18. The zero-order valence-corrected chi connectivity index (χ0v) is 10.7. The molecule has 0 spiro atoms. The van der Waals surface area contributed by atoms with E-state index in [1.807, 2.05) is 6.92 Å². The highest BCUT2D eigenvalue weighted by Crippen LogP contribution is 2.27. The van der Waals surface area contributed by atoms with E-state index in [9.17, 15) is 0 Å². The number of hydrogen-bond acceptors (Lipinski definition) is 7. The molecule has 0 aliphatic carbocycles. The zero-order chi connectivity index (χ0) is 12.3. The Hall–Kier alpha value is -1.34. The van der Waals surface area contributed by atoms with Crippen LogP contribution in [0.4, 0.5) is 0 Å². The fourth-order valence-corrected chi connectivity index (χ4v) is 2.05. The van der Waals surface area contributed by atoms with Crippen LogP contribution >= 0.6 is 11.5 Å². The van der Waals surface area contributed by atoms with Gasteiger partial charge in [0.2, 0.25) is 5.89 Å². The van der Waals surface area contributed by atoms with Crippen molar-refractivity contribution in [2.75, 3.05) is 0 Å². The molecule has 2 rings (SSSR count). The molecule has 6 nitrogen and oxygen atoms in total. The molecule has 0 aliphatic heterocycles. The average Bonchev–Trinajstić information content (AvgIpc) is 2.96. The molecule has 0 fully saturated rings. The summed E-state index contributed by atoms with van der Waals surface area (Å²) >= 11 is 1.28. The van der Waals surface area contributed by atoms with Gasteiger partial charge in [-0.2, -0.15) is 0 Å². The molecule has 0 amide bonds. The van der Waals surface area contributed by atoms with Crippen LogP contribution in [0, 0.1) is 0 Å².